The quantitative estimate of drug-likeness (QED) is 0.796. The summed E-state index contributed by atoms with van der Waals surface area (Å²) in [7, 11) is 0. The van der Waals surface area contributed by atoms with Crippen LogP contribution >= 0.6 is 15.9 Å². The molecule has 0 aliphatic heterocycles. The third-order valence-corrected chi connectivity index (χ3v) is 2.31. The average molecular weight is 270 g/mol. The van der Waals surface area contributed by atoms with Gasteiger partial charge in [-0.15, -0.1) is 0 Å². The lowest BCUT2D eigenvalue weighted by Gasteiger charge is -2.11. The molecule has 0 aliphatic rings. The van der Waals surface area contributed by atoms with Gasteiger partial charge in [0.2, 0.25) is 0 Å². The first-order valence-electron chi connectivity index (χ1n) is 3.73. The summed E-state index contributed by atoms with van der Waals surface area (Å²) >= 11 is 2.96. The molecule has 0 spiro atoms. The SMILES string of the molecule is CC(O)c1cc(C(F)(F)F)cnc1Br. The van der Waals surface area contributed by atoms with Crippen molar-refractivity contribution in [1.29, 1.82) is 0 Å². The van der Waals surface area contributed by atoms with Crippen LogP contribution in [0.5, 0.6) is 0 Å². The van der Waals surface area contributed by atoms with Crippen molar-refractivity contribution in [3.05, 3.63) is 28.0 Å². The first-order chi connectivity index (χ1) is 6.32. The second-order valence-corrected chi connectivity index (χ2v) is 3.53. The molecule has 1 rings (SSSR count). The van der Waals surface area contributed by atoms with Crippen molar-refractivity contribution in [2.24, 2.45) is 0 Å². The molecule has 1 N–H and O–H groups in total. The minimum Gasteiger partial charge on any atom is -0.389 e. The summed E-state index contributed by atoms with van der Waals surface area (Å²) in [4.78, 5) is 3.50. The van der Waals surface area contributed by atoms with Gasteiger partial charge in [-0.2, -0.15) is 13.2 Å². The van der Waals surface area contributed by atoms with Gasteiger partial charge in [0, 0.05) is 11.8 Å². The van der Waals surface area contributed by atoms with E-state index >= 15 is 0 Å². The molecule has 0 fully saturated rings. The highest BCUT2D eigenvalue weighted by molar-refractivity contribution is 9.10. The Balaban J connectivity index is 3.20. The van der Waals surface area contributed by atoms with E-state index in [1.165, 1.54) is 6.92 Å². The summed E-state index contributed by atoms with van der Waals surface area (Å²) in [5.74, 6) is 0. The highest BCUT2D eigenvalue weighted by Gasteiger charge is 2.31. The zero-order chi connectivity index (χ0) is 10.9. The number of alkyl halides is 3. The standard InChI is InChI=1S/C8H7BrF3NO/c1-4(14)6-2-5(8(10,11)12)3-13-7(6)9/h2-4,14H,1H3. The van der Waals surface area contributed by atoms with Gasteiger partial charge < -0.3 is 5.11 Å². The van der Waals surface area contributed by atoms with Gasteiger partial charge in [0.25, 0.3) is 0 Å². The highest BCUT2D eigenvalue weighted by Crippen LogP contribution is 2.32. The van der Waals surface area contributed by atoms with Gasteiger partial charge in [-0.3, -0.25) is 0 Å². The molecule has 0 bridgehead atoms. The van der Waals surface area contributed by atoms with Gasteiger partial charge in [-0.05, 0) is 28.9 Å². The maximum atomic E-state index is 12.2. The molecule has 0 radical (unpaired) electrons. The zero-order valence-corrected chi connectivity index (χ0v) is 8.72. The van der Waals surface area contributed by atoms with Crippen LogP contribution in [-0.2, 0) is 6.18 Å². The van der Waals surface area contributed by atoms with Crippen molar-refractivity contribution in [3.8, 4) is 0 Å². The van der Waals surface area contributed by atoms with Crippen molar-refractivity contribution in [3.63, 3.8) is 0 Å². The van der Waals surface area contributed by atoms with Crippen LogP contribution in [0.3, 0.4) is 0 Å². The van der Waals surface area contributed by atoms with Crippen molar-refractivity contribution < 1.29 is 18.3 Å². The number of halogens is 4. The van der Waals surface area contributed by atoms with E-state index in [0.717, 1.165) is 12.3 Å². The number of nitrogens with zero attached hydrogens (tertiary/aromatic N) is 1. The first-order valence-corrected chi connectivity index (χ1v) is 4.52. The fraction of sp³-hybridized carbons (Fsp3) is 0.375. The van der Waals surface area contributed by atoms with E-state index in [0.29, 0.717) is 0 Å². The molecule has 1 heterocycles. The van der Waals surface area contributed by atoms with Crippen LogP contribution in [0.25, 0.3) is 0 Å². The van der Waals surface area contributed by atoms with Crippen molar-refractivity contribution in [1.82, 2.24) is 4.98 Å². The molecule has 0 aliphatic carbocycles. The molecule has 14 heavy (non-hydrogen) atoms. The lowest BCUT2D eigenvalue weighted by atomic mass is 10.1. The average Bonchev–Trinajstić information content (AvgIpc) is 2.02. The van der Waals surface area contributed by atoms with Gasteiger partial charge in [0.1, 0.15) is 4.60 Å². The molecule has 0 aromatic carbocycles. The Labute approximate surface area is 86.9 Å². The molecule has 1 aromatic rings. The molecular formula is C8H7BrF3NO. The summed E-state index contributed by atoms with van der Waals surface area (Å²) in [6, 6.07) is 0.877. The first kappa shape index (κ1) is 11.5. The summed E-state index contributed by atoms with van der Waals surface area (Å²) in [5.41, 5.74) is -0.739. The van der Waals surface area contributed by atoms with E-state index < -0.39 is 17.8 Å². The second-order valence-electron chi connectivity index (χ2n) is 2.78. The van der Waals surface area contributed by atoms with Crippen LogP contribution in [0.4, 0.5) is 13.2 Å². The Morgan fingerprint density at radius 3 is 2.50 bits per heavy atom. The lowest BCUT2D eigenvalue weighted by molar-refractivity contribution is -0.137. The number of hydrogen-bond donors (Lipinski definition) is 1. The zero-order valence-electron chi connectivity index (χ0n) is 7.14. The molecule has 0 amide bonds. The predicted molar refractivity (Wildman–Crippen MR) is 47.6 cm³/mol. The number of aliphatic hydroxyl groups is 1. The molecule has 6 heteroatoms. The monoisotopic (exact) mass is 269 g/mol. The number of aliphatic hydroxyl groups excluding tert-OH is 1. The van der Waals surface area contributed by atoms with Crippen LogP contribution in [0, 0.1) is 0 Å². The summed E-state index contributed by atoms with van der Waals surface area (Å²) < 4.78 is 36.9. The van der Waals surface area contributed by atoms with Crippen molar-refractivity contribution >= 4 is 15.9 Å². The van der Waals surface area contributed by atoms with Gasteiger partial charge in [0.05, 0.1) is 11.7 Å². The second kappa shape index (κ2) is 3.86. The van der Waals surface area contributed by atoms with E-state index in [1.807, 2.05) is 0 Å². The predicted octanol–water partition coefficient (Wildman–Crippen LogP) is 2.92. The maximum Gasteiger partial charge on any atom is 0.417 e. The topological polar surface area (TPSA) is 33.1 Å². The summed E-state index contributed by atoms with van der Waals surface area (Å²) in [6.07, 6.45) is -4.70. The van der Waals surface area contributed by atoms with Crippen LogP contribution in [0.15, 0.2) is 16.9 Å². The maximum absolute atomic E-state index is 12.2. The molecule has 1 aromatic heterocycles. The number of pyridine rings is 1. The Morgan fingerprint density at radius 1 is 1.50 bits per heavy atom. The molecular weight excluding hydrogens is 263 g/mol. The van der Waals surface area contributed by atoms with Crippen LogP contribution in [0.2, 0.25) is 0 Å². The minimum atomic E-state index is -4.43. The summed E-state index contributed by atoms with van der Waals surface area (Å²) in [5, 5.41) is 9.16. The highest BCUT2D eigenvalue weighted by atomic mass is 79.9. The van der Waals surface area contributed by atoms with Crippen LogP contribution < -0.4 is 0 Å². The Morgan fingerprint density at radius 2 is 2.07 bits per heavy atom. The minimum absolute atomic E-state index is 0.125. The third-order valence-electron chi connectivity index (χ3n) is 1.64. The lowest BCUT2D eigenvalue weighted by Crippen LogP contribution is -2.07. The molecule has 2 nitrogen and oxygen atoms in total. The van der Waals surface area contributed by atoms with E-state index in [4.69, 9.17) is 5.11 Å². The fourth-order valence-electron chi connectivity index (χ4n) is 0.913. The van der Waals surface area contributed by atoms with Gasteiger partial charge in [0.15, 0.2) is 0 Å². The summed E-state index contributed by atoms with van der Waals surface area (Å²) in [6.45, 7) is 1.38. The van der Waals surface area contributed by atoms with E-state index in [1.54, 1.807) is 0 Å². The van der Waals surface area contributed by atoms with Gasteiger partial charge in [-0.25, -0.2) is 4.98 Å². The molecule has 78 valence electrons. The smallest absolute Gasteiger partial charge is 0.389 e. The molecule has 0 saturated carbocycles. The molecule has 1 atom stereocenters. The largest absolute Gasteiger partial charge is 0.417 e. The number of aromatic nitrogens is 1. The Hall–Kier alpha value is -0.620. The molecule has 0 saturated heterocycles. The number of rotatable bonds is 1. The normalized spacial score (nSPS) is 14.1. The van der Waals surface area contributed by atoms with Crippen LogP contribution in [0.1, 0.15) is 24.2 Å². The Bertz CT molecular complexity index is 338. The third kappa shape index (κ3) is 2.45. The van der Waals surface area contributed by atoms with Crippen molar-refractivity contribution in [2.45, 2.75) is 19.2 Å². The molecule has 1 unspecified atom stereocenters. The van der Waals surface area contributed by atoms with E-state index in [2.05, 4.69) is 20.9 Å². The van der Waals surface area contributed by atoms with Crippen molar-refractivity contribution in [2.75, 3.05) is 0 Å². The van der Waals surface area contributed by atoms with E-state index in [9.17, 15) is 13.2 Å². The van der Waals surface area contributed by atoms with E-state index in [-0.39, 0.29) is 10.2 Å². The van der Waals surface area contributed by atoms with Crippen LogP contribution in [-0.4, -0.2) is 10.1 Å². The van der Waals surface area contributed by atoms with Gasteiger partial charge in [-0.1, -0.05) is 0 Å². The fourth-order valence-corrected chi connectivity index (χ4v) is 1.46. The Kier molecular flexibility index (Phi) is 3.16. The van der Waals surface area contributed by atoms with Gasteiger partial charge >= 0.3 is 6.18 Å². The number of hydrogen-bond acceptors (Lipinski definition) is 2.